The van der Waals surface area contributed by atoms with Gasteiger partial charge in [-0.15, -0.1) is 0 Å². The highest BCUT2D eigenvalue weighted by Gasteiger charge is 2.35. The van der Waals surface area contributed by atoms with Gasteiger partial charge < -0.3 is 5.11 Å². The molecule has 90 valence electrons. The molecular formula is C12H12Cl2N2O. The zero-order chi connectivity index (χ0) is 12.6. The van der Waals surface area contributed by atoms with Gasteiger partial charge in [0.25, 0.3) is 0 Å². The lowest BCUT2D eigenvalue weighted by Crippen LogP contribution is -2.31. The van der Waals surface area contributed by atoms with Gasteiger partial charge in [0.2, 0.25) is 0 Å². The van der Waals surface area contributed by atoms with Gasteiger partial charge in [-0.3, -0.25) is 4.90 Å². The third-order valence-corrected chi connectivity index (χ3v) is 3.64. The fourth-order valence-electron chi connectivity index (χ4n) is 2.37. The molecule has 1 aliphatic rings. The Kier molecular flexibility index (Phi) is 3.60. The highest BCUT2D eigenvalue weighted by atomic mass is 35.5. The summed E-state index contributed by atoms with van der Waals surface area (Å²) in [6, 6.07) is 5.37. The number of benzene rings is 1. The normalized spacial score (nSPS) is 22.6. The Labute approximate surface area is 110 Å². The van der Waals surface area contributed by atoms with Crippen LogP contribution in [0.1, 0.15) is 17.2 Å². The van der Waals surface area contributed by atoms with Gasteiger partial charge >= 0.3 is 0 Å². The second kappa shape index (κ2) is 4.83. The average Bonchev–Trinajstić information content (AvgIpc) is 2.55. The van der Waals surface area contributed by atoms with Crippen molar-refractivity contribution in [3.8, 4) is 6.07 Å². The molecule has 0 unspecified atom stereocenters. The van der Waals surface area contributed by atoms with Crippen molar-refractivity contribution in [3.05, 3.63) is 33.3 Å². The van der Waals surface area contributed by atoms with Gasteiger partial charge in [0.1, 0.15) is 0 Å². The quantitative estimate of drug-likeness (QED) is 0.840. The van der Waals surface area contributed by atoms with Crippen LogP contribution < -0.4 is 0 Å². The molecule has 1 aromatic carbocycles. The van der Waals surface area contributed by atoms with Crippen LogP contribution in [0.3, 0.4) is 0 Å². The summed E-state index contributed by atoms with van der Waals surface area (Å²) < 4.78 is 0. The molecule has 3 nitrogen and oxygen atoms in total. The summed E-state index contributed by atoms with van der Waals surface area (Å²) in [6.45, 7) is 0.255. The highest BCUT2D eigenvalue weighted by Crippen LogP contribution is 2.40. The summed E-state index contributed by atoms with van der Waals surface area (Å²) in [4.78, 5) is 1.81. The number of halogens is 2. The molecule has 17 heavy (non-hydrogen) atoms. The topological polar surface area (TPSA) is 47.3 Å². The van der Waals surface area contributed by atoms with Crippen molar-refractivity contribution in [2.24, 2.45) is 0 Å². The maximum absolute atomic E-state index is 10.1. The van der Waals surface area contributed by atoms with Crippen LogP contribution in [0.2, 0.25) is 10.0 Å². The van der Waals surface area contributed by atoms with Crippen LogP contribution in [-0.4, -0.2) is 29.7 Å². The minimum atomic E-state index is -0.542. The first-order chi connectivity index (χ1) is 8.04. The van der Waals surface area contributed by atoms with Crippen molar-refractivity contribution in [1.29, 1.82) is 5.26 Å². The molecule has 5 heteroatoms. The van der Waals surface area contributed by atoms with E-state index in [1.165, 1.54) is 0 Å². The monoisotopic (exact) mass is 270 g/mol. The summed E-state index contributed by atoms with van der Waals surface area (Å²) in [5.41, 5.74) is 1.85. The Morgan fingerprint density at radius 2 is 2.24 bits per heavy atom. The van der Waals surface area contributed by atoms with Crippen molar-refractivity contribution in [2.45, 2.75) is 18.6 Å². The number of nitriles is 1. The fraction of sp³-hybridized carbons (Fsp3) is 0.417. The van der Waals surface area contributed by atoms with E-state index in [0.29, 0.717) is 16.5 Å². The average molecular weight is 271 g/mol. The second-order valence-corrected chi connectivity index (χ2v) is 5.09. The van der Waals surface area contributed by atoms with Gasteiger partial charge in [-0.2, -0.15) is 5.26 Å². The van der Waals surface area contributed by atoms with Crippen molar-refractivity contribution in [1.82, 2.24) is 4.90 Å². The molecular weight excluding hydrogens is 259 g/mol. The molecule has 0 heterocycles. The molecule has 0 saturated carbocycles. The number of nitrogens with zero attached hydrogens (tertiary/aromatic N) is 2. The lowest BCUT2D eigenvalue weighted by Gasteiger charge is -2.25. The van der Waals surface area contributed by atoms with E-state index in [-0.39, 0.29) is 12.6 Å². The molecule has 2 rings (SSSR count). The lowest BCUT2D eigenvalue weighted by atomic mass is 10.1. The van der Waals surface area contributed by atoms with Crippen LogP contribution in [0.5, 0.6) is 0 Å². The maximum atomic E-state index is 10.1. The van der Waals surface area contributed by atoms with E-state index in [4.69, 9.17) is 28.5 Å². The Balaban J connectivity index is 2.43. The number of hydrogen-bond acceptors (Lipinski definition) is 3. The Morgan fingerprint density at radius 3 is 2.88 bits per heavy atom. The van der Waals surface area contributed by atoms with E-state index in [9.17, 15) is 5.11 Å². The third kappa shape index (κ3) is 2.27. The first-order valence-corrected chi connectivity index (χ1v) is 6.03. The number of hydrogen-bond donors (Lipinski definition) is 1. The minimum absolute atomic E-state index is 0.208. The zero-order valence-electron chi connectivity index (χ0n) is 9.32. The number of aliphatic hydroxyl groups excluding tert-OH is 1. The molecule has 1 N–H and O–H groups in total. The first kappa shape index (κ1) is 12.7. The van der Waals surface area contributed by atoms with Crippen LogP contribution in [0.15, 0.2) is 12.1 Å². The number of aliphatic hydroxyl groups is 1. The van der Waals surface area contributed by atoms with Crippen LogP contribution in [0, 0.1) is 11.3 Å². The van der Waals surface area contributed by atoms with Crippen LogP contribution >= 0.6 is 23.2 Å². The molecule has 0 amide bonds. The standard InChI is InChI=1S/C12H12Cl2N2O/c1-16(3-2-15)12-9-4-7(13)5-10(14)8(9)6-11(12)17/h4-5,11-12,17H,3,6H2,1H3/t11-,12-/m1/s1. The highest BCUT2D eigenvalue weighted by molar-refractivity contribution is 6.35. The summed E-state index contributed by atoms with van der Waals surface area (Å²) in [5, 5.41) is 19.9. The molecule has 1 aromatic rings. The lowest BCUT2D eigenvalue weighted by molar-refractivity contribution is 0.0835. The van der Waals surface area contributed by atoms with Gasteiger partial charge in [0.15, 0.2) is 0 Å². The Morgan fingerprint density at radius 1 is 1.53 bits per heavy atom. The largest absolute Gasteiger partial charge is 0.391 e. The summed E-state index contributed by atoms with van der Waals surface area (Å²) in [5.74, 6) is 0. The van der Waals surface area contributed by atoms with Gasteiger partial charge in [-0.05, 0) is 30.3 Å². The van der Waals surface area contributed by atoms with Crippen molar-refractivity contribution in [3.63, 3.8) is 0 Å². The molecule has 2 atom stereocenters. The Hall–Kier alpha value is -0.790. The SMILES string of the molecule is CN(CC#N)[C@@H]1c2cc(Cl)cc(Cl)c2C[C@H]1O. The van der Waals surface area contributed by atoms with Crippen LogP contribution in [-0.2, 0) is 6.42 Å². The second-order valence-electron chi connectivity index (χ2n) is 4.24. The van der Waals surface area contributed by atoms with Crippen LogP contribution in [0.4, 0.5) is 0 Å². The fourth-order valence-corrected chi connectivity index (χ4v) is 2.96. The van der Waals surface area contributed by atoms with E-state index in [0.717, 1.165) is 11.1 Å². The van der Waals surface area contributed by atoms with E-state index in [2.05, 4.69) is 6.07 Å². The van der Waals surface area contributed by atoms with E-state index in [1.54, 1.807) is 13.1 Å². The molecule has 0 bridgehead atoms. The van der Waals surface area contributed by atoms with Gasteiger partial charge in [0.05, 0.1) is 24.8 Å². The predicted octanol–water partition coefficient (Wildman–Crippen LogP) is 2.41. The summed E-state index contributed by atoms with van der Waals surface area (Å²) >= 11 is 12.1. The molecule has 0 spiro atoms. The summed E-state index contributed by atoms with van der Waals surface area (Å²) in [6.07, 6.45) is -0.0366. The van der Waals surface area contributed by atoms with Crippen molar-refractivity contribution < 1.29 is 5.11 Å². The molecule has 1 aliphatic carbocycles. The van der Waals surface area contributed by atoms with Gasteiger partial charge in [-0.1, -0.05) is 23.2 Å². The van der Waals surface area contributed by atoms with Gasteiger partial charge in [-0.25, -0.2) is 0 Å². The summed E-state index contributed by atoms with van der Waals surface area (Å²) in [7, 11) is 1.81. The zero-order valence-corrected chi connectivity index (χ0v) is 10.8. The van der Waals surface area contributed by atoms with E-state index in [1.807, 2.05) is 11.0 Å². The van der Waals surface area contributed by atoms with Crippen molar-refractivity contribution >= 4 is 23.2 Å². The molecule has 0 fully saturated rings. The molecule has 0 aromatic heterocycles. The molecule has 0 aliphatic heterocycles. The molecule has 0 saturated heterocycles. The van der Waals surface area contributed by atoms with E-state index >= 15 is 0 Å². The first-order valence-electron chi connectivity index (χ1n) is 5.27. The van der Waals surface area contributed by atoms with Crippen LogP contribution in [0.25, 0.3) is 0 Å². The number of rotatable bonds is 2. The third-order valence-electron chi connectivity index (χ3n) is 3.09. The minimum Gasteiger partial charge on any atom is -0.391 e. The predicted molar refractivity (Wildman–Crippen MR) is 67.2 cm³/mol. The maximum Gasteiger partial charge on any atom is 0.0869 e. The van der Waals surface area contributed by atoms with Crippen molar-refractivity contribution in [2.75, 3.05) is 13.6 Å². The Bertz CT molecular complexity index is 484. The smallest absolute Gasteiger partial charge is 0.0869 e. The molecule has 0 radical (unpaired) electrons. The number of likely N-dealkylation sites (N-methyl/N-ethyl adjacent to an activating group) is 1. The number of fused-ring (bicyclic) bond motifs is 1. The van der Waals surface area contributed by atoms with Gasteiger partial charge in [0, 0.05) is 16.5 Å². The van der Waals surface area contributed by atoms with E-state index < -0.39 is 6.10 Å².